The summed E-state index contributed by atoms with van der Waals surface area (Å²) in [4.78, 5) is 27.0. The molecule has 6 heteroatoms. The van der Waals surface area contributed by atoms with Gasteiger partial charge in [-0.3, -0.25) is 9.59 Å². The van der Waals surface area contributed by atoms with Crippen LogP contribution >= 0.6 is 12.4 Å². The summed E-state index contributed by atoms with van der Waals surface area (Å²) >= 11 is 0. The number of nitrogens with one attached hydrogen (secondary N) is 2. The van der Waals surface area contributed by atoms with Gasteiger partial charge in [0, 0.05) is 19.5 Å². The smallest absolute Gasteiger partial charge is 0.241 e. The molecule has 2 N–H and O–H groups in total. The third kappa shape index (κ3) is 4.79. The molecule has 27 heavy (non-hydrogen) atoms. The van der Waals surface area contributed by atoms with Gasteiger partial charge in [-0.15, -0.1) is 12.4 Å². The Balaban J connectivity index is 0.00000210. The van der Waals surface area contributed by atoms with E-state index in [2.05, 4.69) is 10.6 Å². The Morgan fingerprint density at radius 3 is 2.30 bits per heavy atom. The first-order valence-electron chi connectivity index (χ1n) is 10.7. The minimum Gasteiger partial charge on any atom is -0.347 e. The number of carbonyl (C=O) groups is 2. The van der Waals surface area contributed by atoms with Crippen molar-refractivity contribution in [2.45, 2.75) is 57.8 Å². The van der Waals surface area contributed by atoms with Gasteiger partial charge in [-0.25, -0.2) is 0 Å². The van der Waals surface area contributed by atoms with Crippen LogP contribution in [-0.2, 0) is 9.59 Å². The SMILES string of the molecule is CNCC1CCCN(C(=O)CNC(=O)CC23CC4CC(CC(C4)C2)C3)C1.Cl. The molecule has 0 aromatic carbocycles. The lowest BCUT2D eigenvalue weighted by molar-refractivity contribution is -0.136. The van der Waals surface area contributed by atoms with Crippen molar-refractivity contribution in [1.29, 1.82) is 0 Å². The summed E-state index contributed by atoms with van der Waals surface area (Å²) in [5.74, 6) is 3.34. The zero-order valence-corrected chi connectivity index (χ0v) is 17.5. The van der Waals surface area contributed by atoms with Crippen molar-refractivity contribution < 1.29 is 9.59 Å². The molecule has 5 aliphatic rings. The first-order chi connectivity index (χ1) is 12.5. The van der Waals surface area contributed by atoms with Crippen LogP contribution in [0.25, 0.3) is 0 Å². The van der Waals surface area contributed by atoms with Crippen LogP contribution < -0.4 is 10.6 Å². The molecule has 154 valence electrons. The van der Waals surface area contributed by atoms with Crippen LogP contribution in [0.4, 0.5) is 0 Å². The van der Waals surface area contributed by atoms with Gasteiger partial charge in [0.25, 0.3) is 0 Å². The van der Waals surface area contributed by atoms with E-state index in [0.717, 1.165) is 43.8 Å². The quantitative estimate of drug-likeness (QED) is 0.724. The van der Waals surface area contributed by atoms with Gasteiger partial charge in [0.15, 0.2) is 0 Å². The van der Waals surface area contributed by atoms with E-state index < -0.39 is 0 Å². The molecule has 0 aromatic rings. The van der Waals surface area contributed by atoms with Crippen molar-refractivity contribution in [3.05, 3.63) is 0 Å². The third-order valence-electron chi connectivity index (χ3n) is 7.50. The minimum atomic E-state index is 0. The Kier molecular flexibility index (Phi) is 6.73. The van der Waals surface area contributed by atoms with Gasteiger partial charge in [-0.1, -0.05) is 0 Å². The van der Waals surface area contributed by atoms with Crippen LogP contribution in [-0.4, -0.2) is 49.9 Å². The standard InChI is InChI=1S/C21H35N3O2.ClH/c1-22-12-15-3-2-4-24(14-15)20(26)13-23-19(25)11-21-8-16-5-17(9-21)7-18(6-16)10-21;/h15-18,22H,2-14H2,1H3,(H,23,25);1H. The zero-order valence-electron chi connectivity index (χ0n) is 16.7. The number of likely N-dealkylation sites (tertiary alicyclic amines) is 1. The summed E-state index contributed by atoms with van der Waals surface area (Å²) in [7, 11) is 1.96. The highest BCUT2D eigenvalue weighted by Gasteiger charge is 2.51. The van der Waals surface area contributed by atoms with Crippen molar-refractivity contribution >= 4 is 24.2 Å². The summed E-state index contributed by atoms with van der Waals surface area (Å²) in [5, 5.41) is 6.17. The number of nitrogens with zero attached hydrogens (tertiary/aromatic N) is 1. The second-order valence-electron chi connectivity index (χ2n) is 9.78. The Labute approximate surface area is 169 Å². The molecule has 0 aromatic heterocycles. The fourth-order valence-corrected chi connectivity index (χ4v) is 6.94. The van der Waals surface area contributed by atoms with Gasteiger partial charge in [0.05, 0.1) is 6.54 Å². The maximum Gasteiger partial charge on any atom is 0.241 e. The molecule has 4 aliphatic carbocycles. The summed E-state index contributed by atoms with van der Waals surface area (Å²) in [5.41, 5.74) is 0.255. The zero-order chi connectivity index (χ0) is 18.1. The fourth-order valence-electron chi connectivity index (χ4n) is 6.94. The van der Waals surface area contributed by atoms with Crippen LogP contribution in [0.5, 0.6) is 0 Å². The molecule has 1 atom stereocenters. The second-order valence-corrected chi connectivity index (χ2v) is 9.78. The van der Waals surface area contributed by atoms with Crippen molar-refractivity contribution in [3.63, 3.8) is 0 Å². The monoisotopic (exact) mass is 397 g/mol. The van der Waals surface area contributed by atoms with Crippen LogP contribution in [0.15, 0.2) is 0 Å². The lowest BCUT2D eigenvalue weighted by atomic mass is 9.49. The molecular weight excluding hydrogens is 362 g/mol. The Bertz CT molecular complexity index is 516. The first kappa shape index (κ1) is 20.9. The second kappa shape index (κ2) is 8.69. The van der Waals surface area contributed by atoms with E-state index in [1.54, 1.807) is 0 Å². The van der Waals surface area contributed by atoms with Gasteiger partial charge < -0.3 is 15.5 Å². The molecule has 5 fully saturated rings. The summed E-state index contributed by atoms with van der Waals surface area (Å²) < 4.78 is 0. The molecule has 2 amide bonds. The molecule has 1 saturated heterocycles. The number of carbonyl (C=O) groups excluding carboxylic acids is 2. The number of rotatable bonds is 6. The van der Waals surface area contributed by atoms with E-state index in [1.165, 1.54) is 44.9 Å². The molecule has 1 unspecified atom stereocenters. The predicted octanol–water partition coefficient (Wildman–Crippen LogP) is 2.59. The number of hydrogen-bond acceptors (Lipinski definition) is 3. The highest BCUT2D eigenvalue weighted by atomic mass is 35.5. The molecule has 4 saturated carbocycles. The van der Waals surface area contributed by atoms with E-state index in [0.29, 0.717) is 12.3 Å². The Morgan fingerprint density at radius 2 is 1.70 bits per heavy atom. The van der Waals surface area contributed by atoms with E-state index in [1.807, 2.05) is 11.9 Å². The fraction of sp³-hybridized carbons (Fsp3) is 0.905. The molecule has 5 nitrogen and oxygen atoms in total. The topological polar surface area (TPSA) is 61.4 Å². The molecule has 4 bridgehead atoms. The van der Waals surface area contributed by atoms with Gasteiger partial charge in [0.2, 0.25) is 11.8 Å². The average Bonchev–Trinajstić information content (AvgIpc) is 2.58. The van der Waals surface area contributed by atoms with Gasteiger partial charge in [-0.05, 0) is 94.0 Å². The minimum absolute atomic E-state index is 0. The summed E-state index contributed by atoms with van der Waals surface area (Å²) in [6.07, 6.45) is 10.9. The first-order valence-corrected chi connectivity index (χ1v) is 10.7. The number of amides is 2. The van der Waals surface area contributed by atoms with E-state index in [-0.39, 0.29) is 36.2 Å². The highest BCUT2D eigenvalue weighted by Crippen LogP contribution is 2.61. The van der Waals surface area contributed by atoms with Crippen molar-refractivity contribution in [1.82, 2.24) is 15.5 Å². The van der Waals surface area contributed by atoms with E-state index in [4.69, 9.17) is 0 Å². The predicted molar refractivity (Wildman–Crippen MR) is 109 cm³/mol. The number of hydrogen-bond donors (Lipinski definition) is 2. The normalized spacial score (nSPS) is 37.0. The molecule has 0 spiro atoms. The van der Waals surface area contributed by atoms with Crippen LogP contribution in [0, 0.1) is 29.1 Å². The summed E-state index contributed by atoms with van der Waals surface area (Å²) in [6.45, 7) is 2.80. The largest absolute Gasteiger partial charge is 0.347 e. The number of halogens is 1. The number of piperidine rings is 1. The van der Waals surface area contributed by atoms with Gasteiger partial charge in [-0.2, -0.15) is 0 Å². The average molecular weight is 398 g/mol. The Hall–Kier alpha value is -0.810. The van der Waals surface area contributed by atoms with Crippen molar-refractivity contribution in [2.24, 2.45) is 29.1 Å². The van der Waals surface area contributed by atoms with Crippen LogP contribution in [0.3, 0.4) is 0 Å². The van der Waals surface area contributed by atoms with E-state index >= 15 is 0 Å². The molecular formula is C21H36ClN3O2. The van der Waals surface area contributed by atoms with Crippen molar-refractivity contribution in [3.8, 4) is 0 Å². The van der Waals surface area contributed by atoms with Crippen LogP contribution in [0.1, 0.15) is 57.8 Å². The van der Waals surface area contributed by atoms with Gasteiger partial charge in [0.1, 0.15) is 0 Å². The molecule has 1 aliphatic heterocycles. The molecule has 1 heterocycles. The third-order valence-corrected chi connectivity index (χ3v) is 7.50. The lowest BCUT2D eigenvalue weighted by Crippen LogP contribution is -2.49. The van der Waals surface area contributed by atoms with Gasteiger partial charge >= 0.3 is 0 Å². The Morgan fingerprint density at radius 1 is 1.07 bits per heavy atom. The molecule has 0 radical (unpaired) electrons. The molecule has 5 rings (SSSR count). The maximum absolute atomic E-state index is 12.6. The lowest BCUT2D eigenvalue weighted by Gasteiger charge is -2.56. The maximum atomic E-state index is 12.6. The van der Waals surface area contributed by atoms with E-state index in [9.17, 15) is 9.59 Å². The highest BCUT2D eigenvalue weighted by molar-refractivity contribution is 5.85. The van der Waals surface area contributed by atoms with Crippen LogP contribution in [0.2, 0.25) is 0 Å². The van der Waals surface area contributed by atoms with Crippen molar-refractivity contribution in [2.75, 3.05) is 33.2 Å². The summed E-state index contributed by atoms with van der Waals surface area (Å²) in [6, 6.07) is 0.